The van der Waals surface area contributed by atoms with Crippen molar-refractivity contribution in [2.24, 2.45) is 22.4 Å². The fourth-order valence-electron chi connectivity index (χ4n) is 3.29. The van der Waals surface area contributed by atoms with Gasteiger partial charge in [0.15, 0.2) is 11.5 Å². The predicted octanol–water partition coefficient (Wildman–Crippen LogP) is 3.01. The molecule has 1 N–H and O–H groups in total. The second-order valence-electron chi connectivity index (χ2n) is 7.32. The Labute approximate surface area is 151 Å². The highest BCUT2D eigenvalue weighted by Gasteiger charge is 2.60. The van der Waals surface area contributed by atoms with Gasteiger partial charge in [-0.3, -0.25) is 14.9 Å². The van der Waals surface area contributed by atoms with E-state index in [1.54, 1.807) is 0 Å². The molecule has 138 valence electrons. The Morgan fingerprint density at radius 1 is 1.35 bits per heavy atom. The molecule has 26 heavy (non-hydrogen) atoms. The standard InChI is InChI=1S/C18H21N3O5/c1-10(2)5-12-16(18(12,3)4)17(22)20-19-8-11-6-14-15(26-9-25-14)7-13(11)21(23)24/h5-8,12,16H,9H2,1-4H3,(H,20,22). The molecule has 2 aliphatic rings. The Hall–Kier alpha value is -2.90. The van der Waals surface area contributed by atoms with Crippen LogP contribution in [-0.2, 0) is 4.79 Å². The Kier molecular flexibility index (Phi) is 4.43. The van der Waals surface area contributed by atoms with Crippen LogP contribution in [0.1, 0.15) is 33.3 Å². The molecule has 1 amide bonds. The minimum Gasteiger partial charge on any atom is -0.454 e. The van der Waals surface area contributed by atoms with Gasteiger partial charge in [0.2, 0.25) is 12.7 Å². The average molecular weight is 359 g/mol. The SMILES string of the molecule is CC(C)=CC1C(C(=O)NN=Cc2cc3c(cc2[N+](=O)[O-])OCO3)C1(C)C. The summed E-state index contributed by atoms with van der Waals surface area (Å²) in [6.07, 6.45) is 3.35. The number of rotatable bonds is 5. The molecule has 1 aliphatic carbocycles. The molecule has 0 radical (unpaired) electrons. The summed E-state index contributed by atoms with van der Waals surface area (Å²) >= 11 is 0. The maximum Gasteiger partial charge on any atom is 0.282 e. The largest absolute Gasteiger partial charge is 0.454 e. The number of nitrogens with zero attached hydrogens (tertiary/aromatic N) is 2. The third kappa shape index (κ3) is 3.26. The molecule has 1 aliphatic heterocycles. The summed E-state index contributed by atoms with van der Waals surface area (Å²) < 4.78 is 10.4. The summed E-state index contributed by atoms with van der Waals surface area (Å²) in [5.74, 6) is 0.540. The van der Waals surface area contributed by atoms with Gasteiger partial charge in [-0.25, -0.2) is 5.43 Å². The third-order valence-corrected chi connectivity index (χ3v) is 4.80. The monoisotopic (exact) mass is 359 g/mol. The van der Waals surface area contributed by atoms with Crippen LogP contribution in [0.15, 0.2) is 28.9 Å². The molecule has 2 unspecified atom stereocenters. The first kappa shape index (κ1) is 17.9. The van der Waals surface area contributed by atoms with Crippen molar-refractivity contribution in [1.29, 1.82) is 0 Å². The van der Waals surface area contributed by atoms with Gasteiger partial charge in [0.1, 0.15) is 0 Å². The molecule has 2 atom stereocenters. The van der Waals surface area contributed by atoms with Crippen LogP contribution >= 0.6 is 0 Å². The van der Waals surface area contributed by atoms with Gasteiger partial charge in [0.25, 0.3) is 5.69 Å². The number of amides is 1. The van der Waals surface area contributed by atoms with Crippen molar-refractivity contribution in [2.45, 2.75) is 27.7 Å². The van der Waals surface area contributed by atoms with E-state index in [0.717, 1.165) is 5.57 Å². The van der Waals surface area contributed by atoms with Crippen molar-refractivity contribution in [3.8, 4) is 11.5 Å². The number of hydrogen-bond acceptors (Lipinski definition) is 6. The van der Waals surface area contributed by atoms with E-state index in [-0.39, 0.29) is 41.2 Å². The maximum atomic E-state index is 12.4. The van der Waals surface area contributed by atoms with E-state index < -0.39 is 4.92 Å². The van der Waals surface area contributed by atoms with Crippen LogP contribution in [0.4, 0.5) is 5.69 Å². The molecule has 0 spiro atoms. The molecule has 0 bridgehead atoms. The zero-order valence-electron chi connectivity index (χ0n) is 15.1. The van der Waals surface area contributed by atoms with Gasteiger partial charge in [-0.15, -0.1) is 0 Å². The lowest BCUT2D eigenvalue weighted by Crippen LogP contribution is -2.22. The van der Waals surface area contributed by atoms with E-state index in [9.17, 15) is 14.9 Å². The van der Waals surface area contributed by atoms with Gasteiger partial charge in [0, 0.05) is 0 Å². The third-order valence-electron chi connectivity index (χ3n) is 4.80. The minimum absolute atomic E-state index is 0.0202. The number of carbonyl (C=O) groups is 1. The van der Waals surface area contributed by atoms with E-state index in [1.807, 2.05) is 27.7 Å². The highest BCUT2D eigenvalue weighted by molar-refractivity contribution is 5.89. The van der Waals surface area contributed by atoms with E-state index in [2.05, 4.69) is 16.6 Å². The van der Waals surface area contributed by atoms with Gasteiger partial charge < -0.3 is 9.47 Å². The molecule has 0 saturated heterocycles. The van der Waals surface area contributed by atoms with E-state index >= 15 is 0 Å². The van der Waals surface area contributed by atoms with Crippen molar-refractivity contribution in [3.05, 3.63) is 39.5 Å². The summed E-state index contributed by atoms with van der Waals surface area (Å²) in [6, 6.07) is 2.77. The second kappa shape index (κ2) is 6.44. The first-order chi connectivity index (χ1) is 12.2. The number of fused-ring (bicyclic) bond motifs is 1. The van der Waals surface area contributed by atoms with Crippen molar-refractivity contribution in [2.75, 3.05) is 6.79 Å². The average Bonchev–Trinajstić information content (AvgIpc) is 2.90. The first-order valence-corrected chi connectivity index (χ1v) is 8.28. The summed E-state index contributed by atoms with van der Waals surface area (Å²) in [4.78, 5) is 23.1. The van der Waals surface area contributed by atoms with Gasteiger partial charge in [0.05, 0.1) is 28.7 Å². The minimum atomic E-state index is -0.528. The lowest BCUT2D eigenvalue weighted by molar-refractivity contribution is -0.385. The van der Waals surface area contributed by atoms with E-state index in [0.29, 0.717) is 11.5 Å². The summed E-state index contributed by atoms with van der Waals surface area (Å²) in [5.41, 5.74) is 3.60. The lowest BCUT2D eigenvalue weighted by Gasteiger charge is -2.02. The number of allylic oxidation sites excluding steroid dienone is 2. The van der Waals surface area contributed by atoms with Crippen LogP contribution in [-0.4, -0.2) is 23.8 Å². The molecular weight excluding hydrogens is 338 g/mol. The zero-order valence-corrected chi connectivity index (χ0v) is 15.1. The lowest BCUT2D eigenvalue weighted by atomic mass is 10.1. The smallest absolute Gasteiger partial charge is 0.282 e. The topological polar surface area (TPSA) is 103 Å². The number of nitro benzene ring substituents is 1. The second-order valence-corrected chi connectivity index (χ2v) is 7.32. The van der Waals surface area contributed by atoms with Crippen molar-refractivity contribution in [3.63, 3.8) is 0 Å². The van der Waals surface area contributed by atoms with E-state index in [1.165, 1.54) is 18.3 Å². The Bertz CT molecular complexity index is 824. The molecule has 1 heterocycles. The van der Waals surface area contributed by atoms with Gasteiger partial charge in [-0.05, 0) is 31.2 Å². The number of benzene rings is 1. The number of hydrazone groups is 1. The van der Waals surface area contributed by atoms with Crippen LogP contribution in [0.3, 0.4) is 0 Å². The highest BCUT2D eigenvalue weighted by atomic mass is 16.7. The van der Waals surface area contributed by atoms with Crippen LogP contribution < -0.4 is 14.9 Å². The molecule has 1 saturated carbocycles. The quantitative estimate of drug-likeness (QED) is 0.377. The number of nitro groups is 1. The molecule has 8 heteroatoms. The summed E-state index contributed by atoms with van der Waals surface area (Å²) in [7, 11) is 0. The highest BCUT2D eigenvalue weighted by Crippen LogP contribution is 2.59. The molecule has 0 aromatic heterocycles. The van der Waals surface area contributed by atoms with Gasteiger partial charge in [-0.2, -0.15) is 5.10 Å². The van der Waals surface area contributed by atoms with Crippen LogP contribution in [0.25, 0.3) is 0 Å². The Morgan fingerprint density at radius 3 is 2.62 bits per heavy atom. The van der Waals surface area contributed by atoms with E-state index in [4.69, 9.17) is 9.47 Å². The molecule has 1 aromatic rings. The fraction of sp³-hybridized carbons (Fsp3) is 0.444. The summed E-state index contributed by atoms with van der Waals surface area (Å²) in [5, 5.41) is 15.1. The first-order valence-electron chi connectivity index (χ1n) is 8.28. The zero-order chi connectivity index (χ0) is 19.1. The Morgan fingerprint density at radius 2 is 2.00 bits per heavy atom. The number of ether oxygens (including phenoxy) is 2. The van der Waals surface area contributed by atoms with Crippen LogP contribution in [0.5, 0.6) is 11.5 Å². The molecule has 1 aromatic carbocycles. The molecule has 3 rings (SSSR count). The normalized spacial score (nSPS) is 22.2. The Balaban J connectivity index is 1.72. The maximum absolute atomic E-state index is 12.4. The van der Waals surface area contributed by atoms with Gasteiger partial charge >= 0.3 is 0 Å². The van der Waals surface area contributed by atoms with Gasteiger partial charge in [-0.1, -0.05) is 25.5 Å². The number of nitrogens with one attached hydrogen (secondary N) is 1. The fourth-order valence-corrected chi connectivity index (χ4v) is 3.29. The van der Waals surface area contributed by atoms with Crippen molar-refractivity contribution < 1.29 is 19.2 Å². The number of hydrogen-bond donors (Lipinski definition) is 1. The van der Waals surface area contributed by atoms with Crippen molar-refractivity contribution >= 4 is 17.8 Å². The molecular formula is C18H21N3O5. The predicted molar refractivity (Wildman–Crippen MR) is 95.1 cm³/mol. The van der Waals surface area contributed by atoms with Crippen LogP contribution in [0.2, 0.25) is 0 Å². The molecule has 1 fully saturated rings. The molecule has 8 nitrogen and oxygen atoms in total. The van der Waals surface area contributed by atoms with Crippen LogP contribution in [0, 0.1) is 27.4 Å². The summed E-state index contributed by atoms with van der Waals surface area (Å²) in [6.45, 7) is 8.09. The number of carbonyl (C=O) groups excluding carboxylic acids is 1. The van der Waals surface area contributed by atoms with Crippen molar-refractivity contribution in [1.82, 2.24) is 5.43 Å².